The van der Waals surface area contributed by atoms with Crippen molar-refractivity contribution in [3.63, 3.8) is 0 Å². The number of carbonyl (C=O) groups excluding carboxylic acids is 1. The zero-order valence-electron chi connectivity index (χ0n) is 10.9. The molecule has 0 saturated heterocycles. The minimum atomic E-state index is -0.318. The van der Waals surface area contributed by atoms with E-state index in [-0.39, 0.29) is 12.1 Å². The SMILES string of the molecule is CC(C)OC(=O)c1c(N)sc2c1-c1ccccc1C2. The normalized spacial score (nSPS) is 12.4. The lowest BCUT2D eigenvalue weighted by atomic mass is 10.0. The molecule has 1 heterocycles. The number of esters is 1. The highest BCUT2D eigenvalue weighted by molar-refractivity contribution is 7.17. The average molecular weight is 273 g/mol. The Hall–Kier alpha value is -1.81. The summed E-state index contributed by atoms with van der Waals surface area (Å²) in [7, 11) is 0. The molecular weight excluding hydrogens is 258 g/mol. The predicted octanol–water partition coefficient (Wildman–Crippen LogP) is 3.47. The largest absolute Gasteiger partial charge is 0.459 e. The van der Waals surface area contributed by atoms with E-state index in [1.807, 2.05) is 32.0 Å². The molecule has 1 aromatic carbocycles. The number of nitrogen functional groups attached to an aromatic ring is 1. The molecule has 0 spiro atoms. The topological polar surface area (TPSA) is 52.3 Å². The van der Waals surface area contributed by atoms with Crippen LogP contribution in [0.3, 0.4) is 0 Å². The van der Waals surface area contributed by atoms with Crippen LogP contribution in [0, 0.1) is 0 Å². The Bertz CT molecular complexity index is 658. The van der Waals surface area contributed by atoms with Crippen LogP contribution in [0.25, 0.3) is 11.1 Å². The summed E-state index contributed by atoms with van der Waals surface area (Å²) in [5.41, 5.74) is 9.88. The molecule has 0 fully saturated rings. The highest BCUT2D eigenvalue weighted by Gasteiger charge is 2.30. The number of fused-ring (bicyclic) bond motifs is 3. The van der Waals surface area contributed by atoms with Crippen molar-refractivity contribution in [2.24, 2.45) is 0 Å². The molecule has 2 N–H and O–H groups in total. The Kier molecular flexibility index (Phi) is 2.82. The molecule has 3 nitrogen and oxygen atoms in total. The van der Waals surface area contributed by atoms with E-state index in [1.54, 1.807) is 0 Å². The maximum absolute atomic E-state index is 12.2. The lowest BCUT2D eigenvalue weighted by Gasteiger charge is -2.09. The smallest absolute Gasteiger partial charge is 0.342 e. The van der Waals surface area contributed by atoms with E-state index < -0.39 is 0 Å². The number of hydrogen-bond acceptors (Lipinski definition) is 4. The van der Waals surface area contributed by atoms with Gasteiger partial charge in [-0.05, 0) is 25.0 Å². The maximum atomic E-state index is 12.2. The summed E-state index contributed by atoms with van der Waals surface area (Å²) < 4.78 is 5.30. The average Bonchev–Trinajstić information content (AvgIpc) is 2.82. The molecule has 0 unspecified atom stereocenters. The lowest BCUT2D eigenvalue weighted by molar-refractivity contribution is 0.0380. The van der Waals surface area contributed by atoms with Gasteiger partial charge in [0.1, 0.15) is 10.6 Å². The van der Waals surface area contributed by atoms with E-state index in [2.05, 4.69) is 6.07 Å². The second kappa shape index (κ2) is 4.38. The van der Waals surface area contributed by atoms with Gasteiger partial charge in [-0.2, -0.15) is 0 Å². The molecule has 0 bridgehead atoms. The second-order valence-electron chi connectivity index (χ2n) is 4.93. The number of carbonyl (C=O) groups is 1. The molecule has 1 aliphatic carbocycles. The highest BCUT2D eigenvalue weighted by Crippen LogP contribution is 2.46. The first kappa shape index (κ1) is 12.2. The first-order chi connectivity index (χ1) is 9.08. The Morgan fingerprint density at radius 2 is 2.11 bits per heavy atom. The standard InChI is InChI=1S/C15H15NO2S/c1-8(2)18-15(17)13-12-10-6-4-3-5-9(10)7-11(12)19-14(13)16/h3-6,8H,7,16H2,1-2H3. The summed E-state index contributed by atoms with van der Waals surface area (Å²) in [4.78, 5) is 13.4. The van der Waals surface area contributed by atoms with Crippen LogP contribution >= 0.6 is 11.3 Å². The third-order valence-corrected chi connectivity index (χ3v) is 4.21. The van der Waals surface area contributed by atoms with Crippen molar-refractivity contribution in [3.05, 3.63) is 40.3 Å². The number of benzene rings is 1. The molecule has 2 aromatic rings. The van der Waals surface area contributed by atoms with Crippen LogP contribution in [0.1, 0.15) is 34.6 Å². The van der Waals surface area contributed by atoms with E-state index in [0.717, 1.165) is 22.4 Å². The molecule has 3 rings (SSSR count). The fourth-order valence-electron chi connectivity index (χ4n) is 2.47. The molecule has 0 aliphatic heterocycles. The van der Waals surface area contributed by atoms with Crippen molar-refractivity contribution in [3.8, 4) is 11.1 Å². The third-order valence-electron chi connectivity index (χ3n) is 3.19. The first-order valence-corrected chi connectivity index (χ1v) is 7.10. The molecule has 0 atom stereocenters. The van der Waals surface area contributed by atoms with Crippen LogP contribution < -0.4 is 5.73 Å². The van der Waals surface area contributed by atoms with Gasteiger partial charge in [-0.25, -0.2) is 4.79 Å². The number of hydrogen-bond donors (Lipinski definition) is 1. The Labute approximate surface area is 116 Å². The fourth-order valence-corrected chi connectivity index (χ4v) is 3.57. The zero-order chi connectivity index (χ0) is 13.6. The van der Waals surface area contributed by atoms with Crippen LogP contribution in [-0.4, -0.2) is 12.1 Å². The summed E-state index contributed by atoms with van der Waals surface area (Å²) in [6.07, 6.45) is 0.717. The summed E-state index contributed by atoms with van der Waals surface area (Å²) in [6, 6.07) is 8.14. The molecular formula is C15H15NO2S. The van der Waals surface area contributed by atoms with Gasteiger partial charge in [-0.15, -0.1) is 11.3 Å². The van der Waals surface area contributed by atoms with E-state index in [1.165, 1.54) is 16.9 Å². The summed E-state index contributed by atoms with van der Waals surface area (Å²) >= 11 is 1.49. The molecule has 4 heteroatoms. The zero-order valence-corrected chi connectivity index (χ0v) is 11.7. The summed E-state index contributed by atoms with van der Waals surface area (Å²) in [5.74, 6) is -0.318. The third kappa shape index (κ3) is 1.92. The first-order valence-electron chi connectivity index (χ1n) is 6.28. The van der Waals surface area contributed by atoms with Crippen LogP contribution in [0.2, 0.25) is 0 Å². The Morgan fingerprint density at radius 1 is 1.37 bits per heavy atom. The van der Waals surface area contributed by atoms with Crippen LogP contribution in [-0.2, 0) is 11.2 Å². The molecule has 0 saturated carbocycles. The maximum Gasteiger partial charge on any atom is 0.342 e. The monoisotopic (exact) mass is 273 g/mol. The lowest BCUT2D eigenvalue weighted by Crippen LogP contribution is -2.13. The number of nitrogens with two attached hydrogens (primary N) is 1. The van der Waals surface area contributed by atoms with Crippen molar-refractivity contribution in [1.29, 1.82) is 0 Å². The van der Waals surface area contributed by atoms with E-state index in [9.17, 15) is 4.79 Å². The number of anilines is 1. The molecule has 1 aliphatic rings. The minimum Gasteiger partial charge on any atom is -0.459 e. The van der Waals surface area contributed by atoms with Crippen molar-refractivity contribution < 1.29 is 9.53 Å². The van der Waals surface area contributed by atoms with Crippen LogP contribution in [0.4, 0.5) is 5.00 Å². The molecule has 0 amide bonds. The highest BCUT2D eigenvalue weighted by atomic mass is 32.1. The fraction of sp³-hybridized carbons (Fsp3) is 0.267. The van der Waals surface area contributed by atoms with Gasteiger partial charge in [-0.3, -0.25) is 0 Å². The van der Waals surface area contributed by atoms with Crippen molar-refractivity contribution in [1.82, 2.24) is 0 Å². The Balaban J connectivity index is 2.12. The van der Waals surface area contributed by atoms with Gasteiger partial charge in [0.15, 0.2) is 0 Å². The van der Waals surface area contributed by atoms with Gasteiger partial charge in [0.05, 0.1) is 6.10 Å². The molecule has 19 heavy (non-hydrogen) atoms. The number of rotatable bonds is 2. The number of ether oxygens (including phenoxy) is 1. The van der Waals surface area contributed by atoms with Gasteiger partial charge in [0.2, 0.25) is 0 Å². The second-order valence-corrected chi connectivity index (χ2v) is 6.06. The van der Waals surface area contributed by atoms with Gasteiger partial charge in [-0.1, -0.05) is 24.3 Å². The van der Waals surface area contributed by atoms with E-state index in [4.69, 9.17) is 10.5 Å². The number of thiophene rings is 1. The summed E-state index contributed by atoms with van der Waals surface area (Å²) in [5, 5.41) is 0.560. The van der Waals surface area contributed by atoms with Crippen LogP contribution in [0.5, 0.6) is 0 Å². The van der Waals surface area contributed by atoms with E-state index >= 15 is 0 Å². The van der Waals surface area contributed by atoms with Gasteiger partial charge < -0.3 is 10.5 Å². The minimum absolute atomic E-state index is 0.140. The molecule has 0 radical (unpaired) electrons. The van der Waals surface area contributed by atoms with Crippen LogP contribution in [0.15, 0.2) is 24.3 Å². The molecule has 1 aromatic heterocycles. The van der Waals surface area contributed by atoms with Gasteiger partial charge in [0.25, 0.3) is 0 Å². The van der Waals surface area contributed by atoms with Crippen molar-refractivity contribution >= 4 is 22.3 Å². The quantitative estimate of drug-likeness (QED) is 0.727. The van der Waals surface area contributed by atoms with Gasteiger partial charge >= 0.3 is 5.97 Å². The Morgan fingerprint density at radius 3 is 2.84 bits per heavy atom. The van der Waals surface area contributed by atoms with Crippen molar-refractivity contribution in [2.75, 3.05) is 5.73 Å². The van der Waals surface area contributed by atoms with Gasteiger partial charge in [0, 0.05) is 16.9 Å². The van der Waals surface area contributed by atoms with E-state index in [0.29, 0.717) is 10.6 Å². The molecule has 98 valence electrons. The predicted molar refractivity (Wildman–Crippen MR) is 77.5 cm³/mol. The summed E-state index contributed by atoms with van der Waals surface area (Å²) in [6.45, 7) is 3.68. The van der Waals surface area contributed by atoms with Crippen molar-refractivity contribution in [2.45, 2.75) is 26.4 Å².